The highest BCUT2D eigenvalue weighted by molar-refractivity contribution is 7.09. The van der Waals surface area contributed by atoms with Crippen LogP contribution in [0.4, 0.5) is 11.4 Å². The Morgan fingerprint density at radius 3 is 2.57 bits per heavy atom. The molecule has 2 aliphatic heterocycles. The number of thiophene rings is 1. The minimum Gasteiger partial charge on any atom is -0.372 e. The summed E-state index contributed by atoms with van der Waals surface area (Å²) in [5, 5.41) is 5.21. The van der Waals surface area contributed by atoms with Gasteiger partial charge in [0, 0.05) is 31.1 Å². The highest BCUT2D eigenvalue weighted by Crippen LogP contribution is 2.21. The molecule has 6 heteroatoms. The van der Waals surface area contributed by atoms with E-state index in [-0.39, 0.29) is 12.0 Å². The second-order valence-electron chi connectivity index (χ2n) is 8.52. The van der Waals surface area contributed by atoms with Crippen LogP contribution < -0.4 is 15.1 Å². The van der Waals surface area contributed by atoms with Crippen molar-refractivity contribution in [3.63, 3.8) is 0 Å². The predicted molar refractivity (Wildman–Crippen MR) is 123 cm³/mol. The maximum absolute atomic E-state index is 12.8. The van der Waals surface area contributed by atoms with E-state index in [9.17, 15) is 4.79 Å². The first-order valence-electron chi connectivity index (χ1n) is 11.4. The average Bonchev–Trinajstić information content (AvgIpc) is 3.38. The van der Waals surface area contributed by atoms with Crippen molar-refractivity contribution in [1.29, 1.82) is 0 Å². The fraction of sp³-hybridized carbons (Fsp3) is 0.542. The van der Waals surface area contributed by atoms with Crippen molar-refractivity contribution < 1.29 is 14.4 Å². The standard InChI is InChI=1S/C24H33N3O2S/c28-24(19-26(17-22-7-5-15-29-22)18-23-8-6-16-30-23)25-20-9-11-21(12-10-20)27-13-3-1-2-4-14-27/h6,8-12,16,22H,1-5,7,13-15,17-19H2,(H,25,28)/p+1/t22-/m1/s1. The smallest absolute Gasteiger partial charge is 0.279 e. The third-order valence-corrected chi connectivity index (χ3v) is 6.95. The number of hydrogen-bond donors (Lipinski definition) is 2. The van der Waals surface area contributed by atoms with Gasteiger partial charge in [0.25, 0.3) is 5.91 Å². The minimum atomic E-state index is 0.0714. The lowest BCUT2D eigenvalue weighted by atomic mass is 10.2. The van der Waals surface area contributed by atoms with Gasteiger partial charge in [0.15, 0.2) is 6.54 Å². The largest absolute Gasteiger partial charge is 0.372 e. The molecule has 1 unspecified atom stereocenters. The molecule has 0 bridgehead atoms. The first-order chi connectivity index (χ1) is 14.8. The van der Waals surface area contributed by atoms with Gasteiger partial charge in [0.05, 0.1) is 4.88 Å². The molecule has 30 heavy (non-hydrogen) atoms. The minimum absolute atomic E-state index is 0.0714. The lowest BCUT2D eigenvalue weighted by molar-refractivity contribution is -0.908. The van der Waals surface area contributed by atoms with Gasteiger partial charge in [0.1, 0.15) is 19.2 Å². The molecule has 5 nitrogen and oxygen atoms in total. The monoisotopic (exact) mass is 428 g/mol. The van der Waals surface area contributed by atoms with Gasteiger partial charge >= 0.3 is 0 Å². The first kappa shape index (κ1) is 21.3. The summed E-state index contributed by atoms with van der Waals surface area (Å²) in [4.78, 5) is 17.8. The van der Waals surface area contributed by atoms with E-state index < -0.39 is 0 Å². The number of anilines is 2. The summed E-state index contributed by atoms with van der Waals surface area (Å²) in [5.41, 5.74) is 2.14. The van der Waals surface area contributed by atoms with Gasteiger partial charge in [-0.05, 0) is 61.4 Å². The average molecular weight is 429 g/mol. The molecular formula is C24H34N3O2S+. The van der Waals surface area contributed by atoms with Crippen LogP contribution >= 0.6 is 11.3 Å². The van der Waals surface area contributed by atoms with E-state index in [0.29, 0.717) is 6.54 Å². The van der Waals surface area contributed by atoms with Gasteiger partial charge in [-0.3, -0.25) is 4.79 Å². The van der Waals surface area contributed by atoms with E-state index in [4.69, 9.17) is 4.74 Å². The zero-order chi connectivity index (χ0) is 20.6. The van der Waals surface area contributed by atoms with Crippen molar-refractivity contribution in [2.24, 2.45) is 0 Å². The van der Waals surface area contributed by atoms with E-state index >= 15 is 0 Å². The molecule has 0 spiro atoms. The van der Waals surface area contributed by atoms with E-state index in [0.717, 1.165) is 51.3 Å². The zero-order valence-corrected chi connectivity index (χ0v) is 18.6. The van der Waals surface area contributed by atoms with Gasteiger partial charge in [-0.1, -0.05) is 18.9 Å². The SMILES string of the molecule is O=C(C[NH+](Cc1cccs1)C[C@H]1CCCO1)Nc1ccc(N2CCCCCC2)cc1. The normalized spacial score (nSPS) is 20.7. The molecule has 3 heterocycles. The van der Waals surface area contributed by atoms with Crippen LogP contribution in [-0.4, -0.2) is 44.8 Å². The lowest BCUT2D eigenvalue weighted by Gasteiger charge is -2.23. The fourth-order valence-corrected chi connectivity index (χ4v) is 5.29. The molecular weight excluding hydrogens is 394 g/mol. The van der Waals surface area contributed by atoms with Crippen molar-refractivity contribution in [2.75, 3.05) is 43.0 Å². The number of nitrogens with one attached hydrogen (secondary N) is 2. The maximum atomic E-state index is 12.8. The van der Waals surface area contributed by atoms with Crippen LogP contribution in [0, 0.1) is 0 Å². The zero-order valence-electron chi connectivity index (χ0n) is 17.8. The summed E-state index contributed by atoms with van der Waals surface area (Å²) >= 11 is 1.76. The number of carbonyl (C=O) groups excluding carboxylic acids is 1. The molecule has 2 saturated heterocycles. The van der Waals surface area contributed by atoms with Crippen LogP contribution in [0.2, 0.25) is 0 Å². The van der Waals surface area contributed by atoms with Gasteiger partial charge in [0.2, 0.25) is 0 Å². The molecule has 0 saturated carbocycles. The molecule has 1 aromatic heterocycles. The number of nitrogens with zero attached hydrogens (tertiary/aromatic N) is 1. The van der Waals surface area contributed by atoms with Gasteiger partial charge < -0.3 is 19.9 Å². The highest BCUT2D eigenvalue weighted by Gasteiger charge is 2.24. The Labute approximate surface area is 184 Å². The van der Waals surface area contributed by atoms with Crippen LogP contribution in [-0.2, 0) is 16.1 Å². The summed E-state index contributed by atoms with van der Waals surface area (Å²) < 4.78 is 5.83. The third-order valence-electron chi connectivity index (χ3n) is 6.08. The molecule has 1 amide bonds. The molecule has 2 aromatic rings. The molecule has 1 aromatic carbocycles. The number of carbonyl (C=O) groups is 1. The Kier molecular flexibility index (Phi) is 7.78. The van der Waals surface area contributed by atoms with Crippen LogP contribution in [0.5, 0.6) is 0 Å². The Hall–Kier alpha value is -1.89. The number of amides is 1. The quantitative estimate of drug-likeness (QED) is 0.678. The first-order valence-corrected chi connectivity index (χ1v) is 12.3. The number of rotatable bonds is 8. The molecule has 162 valence electrons. The van der Waals surface area contributed by atoms with Crippen LogP contribution in [0.3, 0.4) is 0 Å². The topological polar surface area (TPSA) is 46.0 Å². The summed E-state index contributed by atoms with van der Waals surface area (Å²) in [6.45, 7) is 5.35. The molecule has 2 atom stereocenters. The van der Waals surface area contributed by atoms with Crippen LogP contribution in [0.15, 0.2) is 41.8 Å². The van der Waals surface area contributed by atoms with Crippen molar-refractivity contribution in [2.45, 2.75) is 51.2 Å². The van der Waals surface area contributed by atoms with Gasteiger partial charge in [-0.25, -0.2) is 0 Å². The maximum Gasteiger partial charge on any atom is 0.279 e. The van der Waals surface area contributed by atoms with E-state index in [1.165, 1.54) is 41.1 Å². The number of ether oxygens (including phenoxy) is 1. The van der Waals surface area contributed by atoms with Crippen molar-refractivity contribution in [3.8, 4) is 0 Å². The highest BCUT2D eigenvalue weighted by atomic mass is 32.1. The lowest BCUT2D eigenvalue weighted by Crippen LogP contribution is -3.12. The van der Waals surface area contributed by atoms with Gasteiger partial charge in [-0.2, -0.15) is 0 Å². The Bertz CT molecular complexity index is 764. The van der Waals surface area contributed by atoms with Crippen molar-refractivity contribution in [1.82, 2.24) is 0 Å². The van der Waals surface area contributed by atoms with Crippen molar-refractivity contribution >= 4 is 28.6 Å². The van der Waals surface area contributed by atoms with Crippen LogP contribution in [0.1, 0.15) is 43.4 Å². The molecule has 2 N–H and O–H groups in total. The summed E-state index contributed by atoms with van der Waals surface area (Å²) in [7, 11) is 0. The molecule has 4 rings (SSSR count). The van der Waals surface area contributed by atoms with E-state index in [1.54, 1.807) is 11.3 Å². The van der Waals surface area contributed by atoms with E-state index in [2.05, 4.69) is 39.9 Å². The number of benzene rings is 1. The fourth-order valence-electron chi connectivity index (χ4n) is 4.51. The second-order valence-corrected chi connectivity index (χ2v) is 9.55. The second kappa shape index (κ2) is 10.9. The van der Waals surface area contributed by atoms with Crippen molar-refractivity contribution in [3.05, 3.63) is 46.7 Å². The summed E-state index contributed by atoms with van der Waals surface area (Å²) in [5.74, 6) is 0.0714. The number of hydrogen-bond acceptors (Lipinski definition) is 4. The Morgan fingerprint density at radius 1 is 1.10 bits per heavy atom. The molecule has 2 aliphatic rings. The third kappa shape index (κ3) is 6.30. The van der Waals surface area contributed by atoms with E-state index in [1.807, 2.05) is 12.1 Å². The predicted octanol–water partition coefficient (Wildman–Crippen LogP) is 3.33. The summed E-state index contributed by atoms with van der Waals surface area (Å²) in [6, 6.07) is 12.6. The Morgan fingerprint density at radius 2 is 1.90 bits per heavy atom. The molecule has 0 radical (unpaired) electrons. The molecule has 2 fully saturated rings. The summed E-state index contributed by atoms with van der Waals surface area (Å²) in [6.07, 6.45) is 7.72. The van der Waals surface area contributed by atoms with Gasteiger partial charge in [-0.15, -0.1) is 11.3 Å². The number of quaternary nitrogens is 1. The Balaban J connectivity index is 1.32. The van der Waals surface area contributed by atoms with Crippen LogP contribution in [0.25, 0.3) is 0 Å². The molecule has 0 aliphatic carbocycles.